The van der Waals surface area contributed by atoms with Crippen molar-refractivity contribution in [1.29, 1.82) is 0 Å². The fourth-order valence-corrected chi connectivity index (χ4v) is 2.04. The van der Waals surface area contributed by atoms with Crippen LogP contribution in [0.25, 0.3) is 0 Å². The van der Waals surface area contributed by atoms with Gasteiger partial charge in [0.05, 0.1) is 0 Å². The summed E-state index contributed by atoms with van der Waals surface area (Å²) in [6.45, 7) is 4.38. The lowest BCUT2D eigenvalue weighted by atomic mass is 10.2. The van der Waals surface area contributed by atoms with E-state index in [9.17, 15) is 0 Å². The van der Waals surface area contributed by atoms with E-state index in [1.807, 2.05) is 0 Å². The molecule has 0 bridgehead atoms. The van der Waals surface area contributed by atoms with Gasteiger partial charge in [0.1, 0.15) is 0 Å². The topological polar surface area (TPSA) is 12.0 Å². The summed E-state index contributed by atoms with van der Waals surface area (Å²) in [7, 11) is 0. The maximum atomic E-state index is 3.55. The first-order valence-corrected chi connectivity index (χ1v) is 5.99. The standard InChI is InChI=1S/C12H16BrN/c1-8-3-6-11(7-12(8)13)14-9(2)10-4-5-10/h3,6-7,9-10,14H,4-5H2,1-2H3. The molecule has 1 aromatic carbocycles. The first-order valence-electron chi connectivity index (χ1n) is 5.19. The van der Waals surface area contributed by atoms with Crippen LogP contribution in [-0.2, 0) is 0 Å². The number of nitrogens with one attached hydrogen (secondary N) is 1. The van der Waals surface area contributed by atoms with E-state index in [2.05, 4.69) is 53.3 Å². The highest BCUT2D eigenvalue weighted by Crippen LogP contribution is 2.34. The van der Waals surface area contributed by atoms with Crippen molar-refractivity contribution < 1.29 is 0 Å². The summed E-state index contributed by atoms with van der Waals surface area (Å²) < 4.78 is 1.19. The van der Waals surface area contributed by atoms with Gasteiger partial charge in [-0.05, 0) is 50.3 Å². The number of aryl methyl sites for hydroxylation is 1. The van der Waals surface area contributed by atoms with E-state index in [0.717, 1.165) is 5.92 Å². The van der Waals surface area contributed by atoms with Crippen LogP contribution in [0.2, 0.25) is 0 Å². The van der Waals surface area contributed by atoms with Crippen LogP contribution in [0, 0.1) is 12.8 Å². The lowest BCUT2D eigenvalue weighted by Crippen LogP contribution is -2.17. The average molecular weight is 254 g/mol. The molecule has 0 saturated heterocycles. The van der Waals surface area contributed by atoms with Crippen molar-refractivity contribution in [3.8, 4) is 0 Å². The fourth-order valence-electron chi connectivity index (χ4n) is 1.66. The molecule has 0 heterocycles. The average Bonchev–Trinajstić information content (AvgIpc) is 2.94. The Morgan fingerprint density at radius 1 is 1.43 bits per heavy atom. The van der Waals surface area contributed by atoms with Crippen LogP contribution in [0.1, 0.15) is 25.3 Å². The largest absolute Gasteiger partial charge is 0.382 e. The molecule has 0 aliphatic heterocycles. The number of halogens is 1. The van der Waals surface area contributed by atoms with Gasteiger partial charge in [0.25, 0.3) is 0 Å². The first kappa shape index (κ1) is 10.0. The minimum atomic E-state index is 0.615. The predicted octanol–water partition coefficient (Wildman–Crippen LogP) is 3.97. The molecule has 1 nitrogen and oxygen atoms in total. The van der Waals surface area contributed by atoms with Gasteiger partial charge < -0.3 is 5.32 Å². The second kappa shape index (κ2) is 3.93. The summed E-state index contributed by atoms with van der Waals surface area (Å²) in [6.07, 6.45) is 2.78. The van der Waals surface area contributed by atoms with E-state index < -0.39 is 0 Å². The van der Waals surface area contributed by atoms with Gasteiger partial charge >= 0.3 is 0 Å². The van der Waals surface area contributed by atoms with Crippen LogP contribution in [0.4, 0.5) is 5.69 Å². The third kappa shape index (κ3) is 2.30. The second-order valence-corrected chi connectivity index (χ2v) is 5.09. The molecule has 1 aliphatic rings. The van der Waals surface area contributed by atoms with Gasteiger partial charge in [-0.2, -0.15) is 0 Å². The molecule has 0 amide bonds. The van der Waals surface area contributed by atoms with E-state index in [1.54, 1.807) is 0 Å². The van der Waals surface area contributed by atoms with Gasteiger partial charge in [0, 0.05) is 16.2 Å². The number of rotatable bonds is 3. The Balaban J connectivity index is 2.04. The summed E-state index contributed by atoms with van der Waals surface area (Å²) >= 11 is 3.55. The van der Waals surface area contributed by atoms with E-state index >= 15 is 0 Å². The van der Waals surface area contributed by atoms with Gasteiger partial charge in [-0.15, -0.1) is 0 Å². The predicted molar refractivity (Wildman–Crippen MR) is 64.7 cm³/mol. The smallest absolute Gasteiger partial charge is 0.0353 e. The molecular formula is C12H16BrN. The van der Waals surface area contributed by atoms with E-state index in [-0.39, 0.29) is 0 Å². The second-order valence-electron chi connectivity index (χ2n) is 4.23. The maximum absolute atomic E-state index is 3.55. The monoisotopic (exact) mass is 253 g/mol. The third-order valence-corrected chi connectivity index (χ3v) is 3.75. The van der Waals surface area contributed by atoms with Crippen molar-refractivity contribution in [2.45, 2.75) is 32.7 Å². The van der Waals surface area contributed by atoms with Crippen molar-refractivity contribution in [2.75, 3.05) is 5.32 Å². The van der Waals surface area contributed by atoms with Gasteiger partial charge in [-0.25, -0.2) is 0 Å². The fraction of sp³-hybridized carbons (Fsp3) is 0.500. The number of anilines is 1. The van der Waals surface area contributed by atoms with Crippen molar-refractivity contribution >= 4 is 21.6 Å². The Kier molecular flexibility index (Phi) is 2.82. The molecule has 1 fully saturated rings. The summed E-state index contributed by atoms with van der Waals surface area (Å²) in [4.78, 5) is 0. The van der Waals surface area contributed by atoms with Gasteiger partial charge in [-0.3, -0.25) is 0 Å². The zero-order chi connectivity index (χ0) is 10.1. The number of hydrogen-bond donors (Lipinski definition) is 1. The Bertz CT molecular complexity index is 331. The molecule has 1 unspecified atom stereocenters. The van der Waals surface area contributed by atoms with Crippen molar-refractivity contribution in [3.05, 3.63) is 28.2 Å². The van der Waals surface area contributed by atoms with Gasteiger partial charge in [0.2, 0.25) is 0 Å². The molecule has 2 heteroatoms. The van der Waals surface area contributed by atoms with Crippen molar-refractivity contribution in [2.24, 2.45) is 5.92 Å². The highest BCUT2D eigenvalue weighted by molar-refractivity contribution is 9.10. The number of hydrogen-bond acceptors (Lipinski definition) is 1. The Morgan fingerprint density at radius 2 is 2.14 bits per heavy atom. The minimum absolute atomic E-state index is 0.615. The molecule has 2 rings (SSSR count). The SMILES string of the molecule is Cc1ccc(NC(C)C2CC2)cc1Br. The summed E-state index contributed by atoms with van der Waals surface area (Å²) in [5.41, 5.74) is 2.51. The van der Waals surface area contributed by atoms with Crippen LogP contribution >= 0.6 is 15.9 Å². The van der Waals surface area contributed by atoms with Gasteiger partial charge in [0.15, 0.2) is 0 Å². The van der Waals surface area contributed by atoms with E-state index in [4.69, 9.17) is 0 Å². The summed E-state index contributed by atoms with van der Waals surface area (Å²) in [5.74, 6) is 0.898. The quantitative estimate of drug-likeness (QED) is 0.860. The molecule has 76 valence electrons. The molecule has 1 atom stereocenters. The molecule has 1 saturated carbocycles. The van der Waals surface area contributed by atoms with Crippen LogP contribution in [0.15, 0.2) is 22.7 Å². The third-order valence-electron chi connectivity index (χ3n) is 2.90. The minimum Gasteiger partial charge on any atom is -0.382 e. The summed E-state index contributed by atoms with van der Waals surface area (Å²) in [6, 6.07) is 7.07. The number of benzene rings is 1. The van der Waals surface area contributed by atoms with Crippen LogP contribution < -0.4 is 5.32 Å². The van der Waals surface area contributed by atoms with Crippen molar-refractivity contribution in [3.63, 3.8) is 0 Å². The van der Waals surface area contributed by atoms with Crippen molar-refractivity contribution in [1.82, 2.24) is 0 Å². The highest BCUT2D eigenvalue weighted by atomic mass is 79.9. The lowest BCUT2D eigenvalue weighted by Gasteiger charge is -2.14. The Morgan fingerprint density at radius 3 is 2.71 bits per heavy atom. The molecule has 1 aromatic rings. The van der Waals surface area contributed by atoms with E-state index in [0.29, 0.717) is 6.04 Å². The van der Waals surface area contributed by atoms with Crippen LogP contribution in [0.5, 0.6) is 0 Å². The first-order chi connectivity index (χ1) is 6.66. The maximum Gasteiger partial charge on any atom is 0.0353 e. The zero-order valence-electron chi connectivity index (χ0n) is 8.68. The molecular weight excluding hydrogens is 238 g/mol. The molecule has 0 spiro atoms. The highest BCUT2D eigenvalue weighted by Gasteiger charge is 2.27. The van der Waals surface area contributed by atoms with Crippen LogP contribution in [0.3, 0.4) is 0 Å². The molecule has 14 heavy (non-hydrogen) atoms. The normalized spacial score (nSPS) is 17.9. The lowest BCUT2D eigenvalue weighted by molar-refractivity contribution is 0.694. The Labute approximate surface area is 94.0 Å². The summed E-state index contributed by atoms with van der Waals surface area (Å²) in [5, 5.41) is 3.54. The zero-order valence-corrected chi connectivity index (χ0v) is 10.3. The molecule has 1 aliphatic carbocycles. The van der Waals surface area contributed by atoms with Crippen LogP contribution in [-0.4, -0.2) is 6.04 Å². The molecule has 1 N–H and O–H groups in total. The molecule has 0 radical (unpaired) electrons. The van der Waals surface area contributed by atoms with Gasteiger partial charge in [-0.1, -0.05) is 22.0 Å². The van der Waals surface area contributed by atoms with E-state index in [1.165, 1.54) is 28.6 Å². The molecule has 0 aromatic heterocycles. The Hall–Kier alpha value is -0.500.